The van der Waals surface area contributed by atoms with Crippen LogP contribution >= 0.6 is 27.3 Å². The van der Waals surface area contributed by atoms with E-state index in [1.165, 1.54) is 10.4 Å². The van der Waals surface area contributed by atoms with Gasteiger partial charge >= 0.3 is 0 Å². The molecule has 2 amide bonds. The van der Waals surface area contributed by atoms with E-state index < -0.39 is 0 Å². The number of fused-ring (bicyclic) bond motifs is 1. The molecule has 0 atom stereocenters. The molecule has 150 valence electrons. The van der Waals surface area contributed by atoms with E-state index in [2.05, 4.69) is 37.8 Å². The lowest BCUT2D eigenvalue weighted by Gasteiger charge is -2.27. The quantitative estimate of drug-likeness (QED) is 0.601. The van der Waals surface area contributed by atoms with E-state index in [4.69, 9.17) is 0 Å². The predicted octanol–water partition coefficient (Wildman–Crippen LogP) is 4.31. The van der Waals surface area contributed by atoms with E-state index in [1.807, 2.05) is 42.2 Å². The number of thiophene rings is 1. The Bertz CT molecular complexity index is 1060. The van der Waals surface area contributed by atoms with Gasteiger partial charge in [0, 0.05) is 41.3 Å². The number of aryl methyl sites for hydroxylation is 1. The lowest BCUT2D eigenvalue weighted by atomic mass is 10.1. The number of aromatic nitrogens is 2. The van der Waals surface area contributed by atoms with E-state index in [9.17, 15) is 9.59 Å². The third kappa shape index (κ3) is 4.59. The molecule has 4 rings (SSSR count). The Hall–Kier alpha value is -2.45. The van der Waals surface area contributed by atoms with Crippen molar-refractivity contribution in [3.63, 3.8) is 0 Å². The van der Waals surface area contributed by atoms with Crippen molar-refractivity contribution in [2.75, 3.05) is 11.9 Å². The third-order valence-corrected chi connectivity index (χ3v) is 6.39. The Morgan fingerprint density at radius 1 is 1.24 bits per heavy atom. The molecule has 1 aliphatic rings. The molecular weight excluding hydrogens is 452 g/mol. The first kappa shape index (κ1) is 19.8. The highest BCUT2D eigenvalue weighted by Gasteiger charge is 2.22. The van der Waals surface area contributed by atoms with Gasteiger partial charge in [-0.3, -0.25) is 9.59 Å². The molecule has 1 aromatic carbocycles. The molecule has 0 bridgehead atoms. The lowest BCUT2D eigenvalue weighted by Crippen LogP contribution is -2.35. The predicted molar refractivity (Wildman–Crippen MR) is 117 cm³/mol. The molecule has 0 fully saturated rings. The molecule has 0 saturated carbocycles. The van der Waals surface area contributed by atoms with Crippen molar-refractivity contribution < 1.29 is 9.59 Å². The van der Waals surface area contributed by atoms with Gasteiger partial charge in [-0.1, -0.05) is 22.0 Å². The second-order valence-electron chi connectivity index (χ2n) is 7.05. The van der Waals surface area contributed by atoms with Crippen molar-refractivity contribution in [1.29, 1.82) is 0 Å². The number of anilines is 1. The van der Waals surface area contributed by atoms with Gasteiger partial charge in [-0.25, -0.2) is 4.68 Å². The highest BCUT2D eigenvalue weighted by atomic mass is 79.9. The van der Waals surface area contributed by atoms with E-state index in [1.54, 1.807) is 16.0 Å². The Kier molecular flexibility index (Phi) is 5.82. The van der Waals surface area contributed by atoms with Crippen LogP contribution in [0.3, 0.4) is 0 Å². The zero-order valence-corrected chi connectivity index (χ0v) is 18.4. The minimum absolute atomic E-state index is 0.0219. The molecular formula is C21H21BrN4O2S. The molecule has 0 unspecified atom stereocenters. The summed E-state index contributed by atoms with van der Waals surface area (Å²) in [7, 11) is 0. The van der Waals surface area contributed by atoms with Crippen LogP contribution in [0.15, 0.2) is 46.3 Å². The van der Waals surface area contributed by atoms with Crippen LogP contribution in [0.2, 0.25) is 0 Å². The summed E-state index contributed by atoms with van der Waals surface area (Å²) in [5, 5.41) is 9.44. The van der Waals surface area contributed by atoms with Crippen LogP contribution in [0.25, 0.3) is 5.69 Å². The number of hydrogen-bond donors (Lipinski definition) is 1. The molecule has 0 radical (unpaired) electrons. The van der Waals surface area contributed by atoms with Gasteiger partial charge in [0.1, 0.15) is 5.82 Å². The number of halogens is 1. The van der Waals surface area contributed by atoms with Crippen molar-refractivity contribution in [1.82, 2.24) is 14.7 Å². The SMILES string of the molecule is Cc1cc(NC(=O)CCC(=O)N2CCc3sccc3C2)n(-c2cccc(Br)c2)n1. The normalized spacial score (nSPS) is 13.2. The first-order valence-corrected chi connectivity index (χ1v) is 11.1. The number of nitrogens with zero attached hydrogens (tertiary/aromatic N) is 3. The van der Waals surface area contributed by atoms with Gasteiger partial charge in [0.15, 0.2) is 0 Å². The second-order valence-corrected chi connectivity index (χ2v) is 8.96. The van der Waals surface area contributed by atoms with Gasteiger partial charge in [-0.2, -0.15) is 5.10 Å². The first-order chi connectivity index (χ1) is 14.0. The largest absolute Gasteiger partial charge is 0.338 e. The van der Waals surface area contributed by atoms with Crippen LogP contribution in [-0.2, 0) is 22.6 Å². The maximum Gasteiger partial charge on any atom is 0.226 e. The van der Waals surface area contributed by atoms with E-state index in [0.717, 1.165) is 28.8 Å². The van der Waals surface area contributed by atoms with Crippen molar-refractivity contribution in [2.24, 2.45) is 0 Å². The van der Waals surface area contributed by atoms with Crippen LogP contribution in [0.1, 0.15) is 29.0 Å². The molecule has 6 nitrogen and oxygen atoms in total. The van der Waals surface area contributed by atoms with Gasteiger partial charge in [-0.15, -0.1) is 11.3 Å². The maximum atomic E-state index is 12.5. The summed E-state index contributed by atoms with van der Waals surface area (Å²) in [6.45, 7) is 3.25. The summed E-state index contributed by atoms with van der Waals surface area (Å²) < 4.78 is 2.63. The van der Waals surface area contributed by atoms with Crippen molar-refractivity contribution >= 4 is 44.9 Å². The van der Waals surface area contributed by atoms with Crippen LogP contribution in [0.5, 0.6) is 0 Å². The molecule has 8 heteroatoms. The number of amides is 2. The molecule has 0 saturated heterocycles. The summed E-state index contributed by atoms with van der Waals surface area (Å²) in [5.74, 6) is 0.426. The van der Waals surface area contributed by atoms with Crippen LogP contribution in [0.4, 0.5) is 5.82 Å². The van der Waals surface area contributed by atoms with Gasteiger partial charge in [0.05, 0.1) is 11.4 Å². The number of carbonyl (C=O) groups is 2. The van der Waals surface area contributed by atoms with E-state index in [-0.39, 0.29) is 24.7 Å². The first-order valence-electron chi connectivity index (χ1n) is 9.45. The molecule has 1 aliphatic heterocycles. The Balaban J connectivity index is 1.36. The summed E-state index contributed by atoms with van der Waals surface area (Å²) in [6.07, 6.45) is 1.25. The smallest absolute Gasteiger partial charge is 0.226 e. The van der Waals surface area contributed by atoms with Gasteiger partial charge in [-0.05, 0) is 48.6 Å². The zero-order valence-electron chi connectivity index (χ0n) is 16.0. The number of hydrogen-bond acceptors (Lipinski definition) is 4. The highest BCUT2D eigenvalue weighted by molar-refractivity contribution is 9.10. The van der Waals surface area contributed by atoms with Crippen LogP contribution in [0, 0.1) is 6.92 Å². The molecule has 29 heavy (non-hydrogen) atoms. The molecule has 1 N–H and O–H groups in total. The fourth-order valence-electron chi connectivity index (χ4n) is 3.44. The molecule has 3 heterocycles. The van der Waals surface area contributed by atoms with Crippen LogP contribution < -0.4 is 5.32 Å². The second kappa shape index (κ2) is 8.51. The van der Waals surface area contributed by atoms with E-state index in [0.29, 0.717) is 12.4 Å². The standard InChI is InChI=1S/C21H21BrN4O2S/c1-14-11-19(26(24-14)17-4-2-3-16(22)12-17)23-20(27)5-6-21(28)25-9-7-18-15(13-25)8-10-29-18/h2-4,8,10-12H,5-7,9,13H2,1H3,(H,23,27). The van der Waals surface area contributed by atoms with Gasteiger partial charge in [0.25, 0.3) is 0 Å². The summed E-state index contributed by atoms with van der Waals surface area (Å²) in [5.41, 5.74) is 2.88. The molecule has 2 aromatic heterocycles. The lowest BCUT2D eigenvalue weighted by molar-refractivity contribution is -0.133. The summed E-state index contributed by atoms with van der Waals surface area (Å²) in [4.78, 5) is 28.2. The topological polar surface area (TPSA) is 67.2 Å². The average Bonchev–Trinajstić information content (AvgIpc) is 3.31. The van der Waals surface area contributed by atoms with Crippen LogP contribution in [-0.4, -0.2) is 33.0 Å². The fraction of sp³-hybridized carbons (Fsp3) is 0.286. The molecule has 0 aliphatic carbocycles. The summed E-state index contributed by atoms with van der Waals surface area (Å²) >= 11 is 5.21. The van der Waals surface area contributed by atoms with Crippen molar-refractivity contribution in [2.45, 2.75) is 32.7 Å². The van der Waals surface area contributed by atoms with E-state index >= 15 is 0 Å². The Morgan fingerprint density at radius 3 is 2.93 bits per heavy atom. The number of carbonyl (C=O) groups excluding carboxylic acids is 2. The highest BCUT2D eigenvalue weighted by Crippen LogP contribution is 2.25. The zero-order chi connectivity index (χ0) is 20.4. The number of rotatable bonds is 5. The maximum absolute atomic E-state index is 12.5. The Morgan fingerprint density at radius 2 is 2.10 bits per heavy atom. The average molecular weight is 473 g/mol. The Labute approximate surface area is 181 Å². The molecule has 0 spiro atoms. The van der Waals surface area contributed by atoms with Crippen molar-refractivity contribution in [3.8, 4) is 5.69 Å². The third-order valence-electron chi connectivity index (χ3n) is 4.88. The number of nitrogens with one attached hydrogen (secondary N) is 1. The minimum atomic E-state index is -0.192. The van der Waals surface area contributed by atoms with Gasteiger partial charge < -0.3 is 10.2 Å². The van der Waals surface area contributed by atoms with Crippen molar-refractivity contribution in [3.05, 3.63) is 62.4 Å². The fourth-order valence-corrected chi connectivity index (χ4v) is 4.72. The monoisotopic (exact) mass is 472 g/mol. The molecule has 3 aromatic rings. The number of benzene rings is 1. The summed E-state index contributed by atoms with van der Waals surface area (Å²) in [6, 6.07) is 11.6. The van der Waals surface area contributed by atoms with Gasteiger partial charge in [0.2, 0.25) is 11.8 Å². The minimum Gasteiger partial charge on any atom is -0.338 e.